The van der Waals surface area contributed by atoms with Gasteiger partial charge in [-0.2, -0.15) is 0 Å². The monoisotopic (exact) mass is 397 g/mol. The van der Waals surface area contributed by atoms with Gasteiger partial charge in [0.1, 0.15) is 5.76 Å². The van der Waals surface area contributed by atoms with Gasteiger partial charge in [0.25, 0.3) is 0 Å². The molecule has 3 rings (SSSR count). The molecule has 0 aromatic rings. The van der Waals surface area contributed by atoms with Crippen molar-refractivity contribution in [2.45, 2.75) is 19.3 Å². The minimum atomic E-state index is -3.41. The molecule has 1 fully saturated rings. The average Bonchev–Trinajstić information content (AvgIpc) is 2.66. The fraction of sp³-hybridized carbons (Fsp3) is 0.611. The second kappa shape index (κ2) is 8.35. The highest BCUT2D eigenvalue weighted by Gasteiger charge is 2.28. The molecule has 0 atom stereocenters. The van der Waals surface area contributed by atoms with Crippen LogP contribution in [0.15, 0.2) is 35.3 Å². The molecule has 0 saturated carbocycles. The van der Waals surface area contributed by atoms with Crippen molar-refractivity contribution in [3.63, 3.8) is 0 Å². The van der Waals surface area contributed by atoms with Crippen LogP contribution in [-0.4, -0.2) is 74.4 Å². The average molecular weight is 397 g/mol. The maximum absolute atomic E-state index is 12.3. The number of rotatable bonds is 5. The topological polar surface area (TPSA) is 99.2 Å². The van der Waals surface area contributed by atoms with Crippen molar-refractivity contribution < 1.29 is 23.1 Å². The van der Waals surface area contributed by atoms with Crippen LogP contribution in [0.3, 0.4) is 0 Å². The van der Waals surface area contributed by atoms with Gasteiger partial charge in [-0.1, -0.05) is 6.08 Å². The van der Waals surface area contributed by atoms with Crippen LogP contribution in [0.1, 0.15) is 19.3 Å². The fourth-order valence-corrected chi connectivity index (χ4v) is 4.46. The Morgan fingerprint density at radius 1 is 1.33 bits per heavy atom. The standard InChI is InChI=1S/C18H27N3O5S/c1-27(24,25)21-12-16(2-3-17(21)15-4-8-19-9-5-15)26-13-14-6-10-20(11-7-14)18(22)23/h2-4,14,19H,5-13H2,1H3,(H,22,23). The summed E-state index contributed by atoms with van der Waals surface area (Å²) < 4.78 is 31.9. The summed E-state index contributed by atoms with van der Waals surface area (Å²) in [4.78, 5) is 12.4. The lowest BCUT2D eigenvalue weighted by molar-refractivity contribution is 0.0917. The molecule has 3 heterocycles. The smallest absolute Gasteiger partial charge is 0.407 e. The lowest BCUT2D eigenvalue weighted by Crippen LogP contribution is -2.39. The summed E-state index contributed by atoms with van der Waals surface area (Å²) in [6, 6.07) is 0. The zero-order chi connectivity index (χ0) is 19.4. The van der Waals surface area contributed by atoms with Crippen molar-refractivity contribution in [1.29, 1.82) is 0 Å². The van der Waals surface area contributed by atoms with Gasteiger partial charge in [0.2, 0.25) is 10.0 Å². The molecule has 1 amide bonds. The van der Waals surface area contributed by atoms with Crippen LogP contribution in [0.2, 0.25) is 0 Å². The zero-order valence-electron chi connectivity index (χ0n) is 15.6. The van der Waals surface area contributed by atoms with Crippen molar-refractivity contribution in [3.05, 3.63) is 35.3 Å². The van der Waals surface area contributed by atoms with E-state index in [1.165, 1.54) is 15.5 Å². The van der Waals surface area contributed by atoms with Crippen molar-refractivity contribution in [2.24, 2.45) is 5.92 Å². The number of likely N-dealkylation sites (tertiary alicyclic amines) is 1. The predicted octanol–water partition coefficient (Wildman–Crippen LogP) is 1.36. The Morgan fingerprint density at radius 2 is 2.07 bits per heavy atom. The molecule has 0 aliphatic carbocycles. The van der Waals surface area contributed by atoms with E-state index >= 15 is 0 Å². The molecule has 2 N–H and O–H groups in total. The molecule has 9 heteroatoms. The third kappa shape index (κ3) is 5.04. The first-order valence-electron chi connectivity index (χ1n) is 9.24. The van der Waals surface area contributed by atoms with E-state index in [0.717, 1.165) is 43.6 Å². The van der Waals surface area contributed by atoms with E-state index in [9.17, 15) is 13.2 Å². The first-order chi connectivity index (χ1) is 12.8. The van der Waals surface area contributed by atoms with Gasteiger partial charge < -0.3 is 20.1 Å². The molecule has 3 aliphatic heterocycles. The summed E-state index contributed by atoms with van der Waals surface area (Å²) in [6.45, 7) is 3.29. The van der Waals surface area contributed by atoms with Crippen LogP contribution < -0.4 is 5.32 Å². The van der Waals surface area contributed by atoms with Gasteiger partial charge in [0.15, 0.2) is 0 Å². The molecule has 3 aliphatic rings. The highest BCUT2D eigenvalue weighted by Crippen LogP contribution is 2.28. The van der Waals surface area contributed by atoms with Crippen LogP contribution in [0, 0.1) is 5.92 Å². The second-order valence-electron chi connectivity index (χ2n) is 7.16. The molecule has 0 aromatic carbocycles. The molecule has 0 radical (unpaired) electrons. The van der Waals surface area contributed by atoms with Gasteiger partial charge in [0, 0.05) is 19.6 Å². The van der Waals surface area contributed by atoms with Crippen LogP contribution >= 0.6 is 0 Å². The van der Waals surface area contributed by atoms with E-state index in [2.05, 4.69) is 5.32 Å². The molecule has 150 valence electrons. The minimum absolute atomic E-state index is 0.198. The SMILES string of the molecule is CS(=O)(=O)N1CC(OCC2CCN(C(=O)O)CC2)=CC=C1C1=CCNCC1. The van der Waals surface area contributed by atoms with Gasteiger partial charge in [-0.05, 0) is 49.5 Å². The van der Waals surface area contributed by atoms with Gasteiger partial charge in [-0.15, -0.1) is 0 Å². The van der Waals surface area contributed by atoms with E-state index in [1.807, 2.05) is 18.2 Å². The molecule has 0 aromatic heterocycles. The number of allylic oxidation sites excluding steroid dienone is 3. The van der Waals surface area contributed by atoms with Gasteiger partial charge in [-0.25, -0.2) is 13.2 Å². The van der Waals surface area contributed by atoms with Gasteiger partial charge in [-0.3, -0.25) is 4.31 Å². The predicted molar refractivity (Wildman–Crippen MR) is 102 cm³/mol. The summed E-state index contributed by atoms with van der Waals surface area (Å²) in [5.41, 5.74) is 1.76. The Labute approximate surface area is 160 Å². The second-order valence-corrected chi connectivity index (χ2v) is 9.07. The Hall–Kier alpha value is -2.00. The Morgan fingerprint density at radius 3 is 2.67 bits per heavy atom. The number of ether oxygens (including phenoxy) is 1. The van der Waals surface area contributed by atoms with E-state index in [1.54, 1.807) is 0 Å². The van der Waals surface area contributed by atoms with Crippen LogP contribution in [-0.2, 0) is 14.8 Å². The number of piperidine rings is 1. The Balaban J connectivity index is 1.63. The number of nitrogens with one attached hydrogen (secondary N) is 1. The normalized spacial score (nSPS) is 22.0. The van der Waals surface area contributed by atoms with Crippen molar-refractivity contribution in [2.75, 3.05) is 45.6 Å². The zero-order valence-corrected chi connectivity index (χ0v) is 16.4. The first kappa shape index (κ1) is 19.8. The van der Waals surface area contributed by atoms with E-state index in [4.69, 9.17) is 9.84 Å². The minimum Gasteiger partial charge on any atom is -0.496 e. The molecular weight excluding hydrogens is 370 g/mol. The number of amides is 1. The maximum Gasteiger partial charge on any atom is 0.407 e. The van der Waals surface area contributed by atoms with Crippen LogP contribution in [0.25, 0.3) is 0 Å². The summed E-state index contributed by atoms with van der Waals surface area (Å²) >= 11 is 0. The highest BCUT2D eigenvalue weighted by molar-refractivity contribution is 7.88. The molecule has 0 spiro atoms. The summed E-state index contributed by atoms with van der Waals surface area (Å²) in [7, 11) is -3.41. The number of carboxylic acid groups (broad SMARTS) is 1. The van der Waals surface area contributed by atoms with Crippen molar-refractivity contribution in [3.8, 4) is 0 Å². The van der Waals surface area contributed by atoms with E-state index < -0.39 is 16.1 Å². The summed E-state index contributed by atoms with van der Waals surface area (Å²) in [5.74, 6) is 0.907. The molecule has 0 bridgehead atoms. The summed E-state index contributed by atoms with van der Waals surface area (Å²) in [5, 5.41) is 12.2. The van der Waals surface area contributed by atoms with Crippen LogP contribution in [0.5, 0.6) is 0 Å². The number of hydrogen-bond donors (Lipinski definition) is 2. The maximum atomic E-state index is 12.3. The molecule has 1 saturated heterocycles. The Bertz CT molecular complexity index is 764. The number of sulfonamides is 1. The third-order valence-electron chi connectivity index (χ3n) is 5.18. The molecule has 8 nitrogen and oxygen atoms in total. The molecular formula is C18H27N3O5S. The van der Waals surface area contributed by atoms with Crippen molar-refractivity contribution in [1.82, 2.24) is 14.5 Å². The molecule has 0 unspecified atom stereocenters. The summed E-state index contributed by atoms with van der Waals surface area (Å²) in [6.07, 6.45) is 8.36. The Kier molecular flexibility index (Phi) is 6.11. The number of carbonyl (C=O) groups is 1. The van der Waals surface area contributed by atoms with E-state index in [-0.39, 0.29) is 12.5 Å². The van der Waals surface area contributed by atoms with Gasteiger partial charge in [0.05, 0.1) is 25.1 Å². The largest absolute Gasteiger partial charge is 0.496 e. The lowest BCUT2D eigenvalue weighted by Gasteiger charge is -2.33. The van der Waals surface area contributed by atoms with Crippen LogP contribution in [0.4, 0.5) is 4.79 Å². The lowest BCUT2D eigenvalue weighted by atomic mass is 9.98. The number of hydrogen-bond acceptors (Lipinski definition) is 5. The third-order valence-corrected chi connectivity index (χ3v) is 6.30. The van der Waals surface area contributed by atoms with Gasteiger partial charge >= 0.3 is 6.09 Å². The quantitative estimate of drug-likeness (QED) is 0.727. The van der Waals surface area contributed by atoms with E-state index in [0.29, 0.717) is 25.5 Å². The molecule has 27 heavy (non-hydrogen) atoms. The first-order valence-corrected chi connectivity index (χ1v) is 11.1. The van der Waals surface area contributed by atoms with Crippen molar-refractivity contribution >= 4 is 16.1 Å². The number of nitrogens with zero attached hydrogens (tertiary/aromatic N) is 2. The highest BCUT2D eigenvalue weighted by atomic mass is 32.2. The fourth-order valence-electron chi connectivity index (χ4n) is 3.56.